The van der Waals surface area contributed by atoms with E-state index < -0.39 is 0 Å². The Morgan fingerprint density at radius 1 is 1.22 bits per heavy atom. The Kier molecular flexibility index (Phi) is 2.26. The molecule has 0 unspecified atom stereocenters. The first-order valence-corrected chi connectivity index (χ1v) is 5.58. The Bertz CT molecular complexity index is 786. The first-order valence-electron chi connectivity index (χ1n) is 5.58. The van der Waals surface area contributed by atoms with E-state index in [4.69, 9.17) is 4.52 Å². The predicted molar refractivity (Wildman–Crippen MR) is 67.3 cm³/mol. The lowest BCUT2D eigenvalue weighted by atomic mass is 10.1. The van der Waals surface area contributed by atoms with Gasteiger partial charge in [0.2, 0.25) is 11.7 Å². The second-order valence-electron chi connectivity index (χ2n) is 4.24. The zero-order valence-electron chi connectivity index (χ0n) is 10.0. The van der Waals surface area contributed by atoms with Crippen LogP contribution in [0, 0.1) is 13.8 Å². The third-order valence-electron chi connectivity index (χ3n) is 2.77. The number of aromatic nitrogens is 3. The van der Waals surface area contributed by atoms with Crippen LogP contribution in [0.3, 0.4) is 0 Å². The van der Waals surface area contributed by atoms with E-state index in [-0.39, 0.29) is 5.56 Å². The monoisotopic (exact) mass is 241 g/mol. The number of aromatic amines is 1. The molecule has 3 rings (SSSR count). The van der Waals surface area contributed by atoms with Gasteiger partial charge in [0.1, 0.15) is 0 Å². The molecule has 0 radical (unpaired) electrons. The lowest BCUT2D eigenvalue weighted by Crippen LogP contribution is -2.09. The van der Waals surface area contributed by atoms with E-state index in [1.165, 1.54) is 0 Å². The number of pyridine rings is 1. The summed E-state index contributed by atoms with van der Waals surface area (Å²) in [5.74, 6) is 0.755. The van der Waals surface area contributed by atoms with Gasteiger partial charge in [-0.1, -0.05) is 16.8 Å². The Morgan fingerprint density at radius 2 is 2.06 bits per heavy atom. The van der Waals surface area contributed by atoms with Crippen LogP contribution in [0.5, 0.6) is 0 Å². The lowest BCUT2D eigenvalue weighted by molar-refractivity contribution is 0.394. The van der Waals surface area contributed by atoms with Gasteiger partial charge in [-0.2, -0.15) is 4.98 Å². The molecule has 0 fully saturated rings. The summed E-state index contributed by atoms with van der Waals surface area (Å²) in [6, 6.07) is 7.63. The minimum absolute atomic E-state index is 0.216. The number of hydrogen-bond donors (Lipinski definition) is 1. The maximum atomic E-state index is 12.0. The summed E-state index contributed by atoms with van der Waals surface area (Å²) in [5, 5.41) is 4.72. The number of nitrogens with one attached hydrogen (secondary N) is 1. The SMILES string of the molecule is Cc1ccc2[nH]c(=O)c(-c3noc(C)n3)cc2c1. The standard InChI is InChI=1S/C13H11N3O2/c1-7-3-4-11-9(5-7)6-10(13(17)15-11)12-14-8(2)18-16-12/h3-6H,1-2H3,(H,15,17). The molecule has 18 heavy (non-hydrogen) atoms. The molecule has 2 heterocycles. The van der Waals surface area contributed by atoms with Crippen molar-refractivity contribution in [3.05, 3.63) is 46.1 Å². The van der Waals surface area contributed by atoms with Crippen molar-refractivity contribution >= 4 is 10.9 Å². The summed E-state index contributed by atoms with van der Waals surface area (Å²) in [5.41, 5.74) is 2.14. The zero-order valence-corrected chi connectivity index (χ0v) is 10.0. The van der Waals surface area contributed by atoms with E-state index in [9.17, 15) is 4.79 Å². The summed E-state index contributed by atoms with van der Waals surface area (Å²) < 4.78 is 4.90. The Hall–Kier alpha value is -2.43. The minimum Gasteiger partial charge on any atom is -0.339 e. The molecule has 0 aliphatic carbocycles. The fraction of sp³-hybridized carbons (Fsp3) is 0.154. The molecule has 0 amide bonds. The summed E-state index contributed by atoms with van der Waals surface area (Å²) in [6.07, 6.45) is 0. The molecule has 3 aromatic rings. The van der Waals surface area contributed by atoms with E-state index in [1.54, 1.807) is 13.0 Å². The van der Waals surface area contributed by atoms with Gasteiger partial charge >= 0.3 is 0 Å². The molecule has 0 spiro atoms. The molecule has 0 aliphatic heterocycles. The maximum absolute atomic E-state index is 12.0. The van der Waals surface area contributed by atoms with E-state index in [0.29, 0.717) is 17.3 Å². The van der Waals surface area contributed by atoms with Crippen molar-refractivity contribution in [2.45, 2.75) is 13.8 Å². The van der Waals surface area contributed by atoms with Crippen LogP contribution in [0.1, 0.15) is 11.5 Å². The van der Waals surface area contributed by atoms with E-state index in [1.807, 2.05) is 25.1 Å². The van der Waals surface area contributed by atoms with Crippen LogP contribution in [0.4, 0.5) is 0 Å². The maximum Gasteiger partial charge on any atom is 0.259 e. The molecule has 0 bridgehead atoms. The number of aryl methyl sites for hydroxylation is 2. The highest BCUT2D eigenvalue weighted by atomic mass is 16.5. The second-order valence-corrected chi connectivity index (χ2v) is 4.24. The Labute approximate surface area is 102 Å². The van der Waals surface area contributed by atoms with Crippen LogP contribution in [0.2, 0.25) is 0 Å². The van der Waals surface area contributed by atoms with Crippen LogP contribution >= 0.6 is 0 Å². The molecule has 1 N–H and O–H groups in total. The first kappa shape index (κ1) is 10.7. The van der Waals surface area contributed by atoms with Gasteiger partial charge in [-0.05, 0) is 30.5 Å². The van der Waals surface area contributed by atoms with E-state index in [2.05, 4.69) is 15.1 Å². The van der Waals surface area contributed by atoms with Crippen LogP contribution < -0.4 is 5.56 Å². The van der Waals surface area contributed by atoms with Gasteiger partial charge in [-0.3, -0.25) is 4.79 Å². The zero-order chi connectivity index (χ0) is 12.7. The Morgan fingerprint density at radius 3 is 2.78 bits per heavy atom. The van der Waals surface area contributed by atoms with Crippen molar-refractivity contribution < 1.29 is 4.52 Å². The minimum atomic E-state index is -0.216. The number of nitrogens with zero attached hydrogens (tertiary/aromatic N) is 2. The third-order valence-corrected chi connectivity index (χ3v) is 2.77. The Balaban J connectivity index is 2.29. The van der Waals surface area contributed by atoms with Crippen molar-refractivity contribution in [3.63, 3.8) is 0 Å². The van der Waals surface area contributed by atoms with Crippen molar-refractivity contribution in [1.82, 2.24) is 15.1 Å². The van der Waals surface area contributed by atoms with Crippen LogP contribution in [0.25, 0.3) is 22.3 Å². The van der Waals surface area contributed by atoms with Crippen molar-refractivity contribution in [2.75, 3.05) is 0 Å². The highest BCUT2D eigenvalue weighted by molar-refractivity contribution is 5.82. The lowest BCUT2D eigenvalue weighted by Gasteiger charge is -2.01. The number of hydrogen-bond acceptors (Lipinski definition) is 4. The van der Waals surface area contributed by atoms with E-state index >= 15 is 0 Å². The molecule has 90 valence electrons. The fourth-order valence-electron chi connectivity index (χ4n) is 1.90. The first-order chi connectivity index (χ1) is 8.63. The molecule has 5 heteroatoms. The van der Waals surface area contributed by atoms with Crippen molar-refractivity contribution in [3.8, 4) is 11.4 Å². The largest absolute Gasteiger partial charge is 0.339 e. The van der Waals surface area contributed by atoms with Gasteiger partial charge in [0.05, 0.1) is 5.56 Å². The number of rotatable bonds is 1. The molecule has 0 aliphatic rings. The summed E-state index contributed by atoms with van der Waals surface area (Å²) in [6.45, 7) is 3.69. The summed E-state index contributed by atoms with van der Waals surface area (Å²) >= 11 is 0. The number of H-pyrrole nitrogens is 1. The molecule has 2 aromatic heterocycles. The highest BCUT2D eigenvalue weighted by Crippen LogP contribution is 2.18. The van der Waals surface area contributed by atoms with Gasteiger partial charge in [0.25, 0.3) is 5.56 Å². The van der Waals surface area contributed by atoms with Crippen molar-refractivity contribution in [1.29, 1.82) is 0 Å². The molecule has 5 nitrogen and oxygen atoms in total. The molecule has 0 atom stereocenters. The molecular formula is C13H11N3O2. The molecular weight excluding hydrogens is 230 g/mol. The summed E-state index contributed by atoms with van der Waals surface area (Å²) in [7, 11) is 0. The quantitative estimate of drug-likeness (QED) is 0.708. The molecule has 0 saturated heterocycles. The van der Waals surface area contributed by atoms with Gasteiger partial charge in [0.15, 0.2) is 0 Å². The van der Waals surface area contributed by atoms with E-state index in [0.717, 1.165) is 16.5 Å². The normalized spacial score (nSPS) is 11.0. The predicted octanol–water partition coefficient (Wildman–Crippen LogP) is 2.19. The smallest absolute Gasteiger partial charge is 0.259 e. The van der Waals surface area contributed by atoms with Crippen LogP contribution in [-0.2, 0) is 0 Å². The van der Waals surface area contributed by atoms with Crippen LogP contribution in [-0.4, -0.2) is 15.1 Å². The van der Waals surface area contributed by atoms with Crippen molar-refractivity contribution in [2.24, 2.45) is 0 Å². The second kappa shape index (κ2) is 3.80. The number of fused-ring (bicyclic) bond motifs is 1. The van der Waals surface area contributed by atoms with Crippen LogP contribution in [0.15, 0.2) is 33.6 Å². The van der Waals surface area contributed by atoms with Gasteiger partial charge < -0.3 is 9.51 Å². The van der Waals surface area contributed by atoms with Gasteiger partial charge in [0, 0.05) is 12.4 Å². The fourth-order valence-corrected chi connectivity index (χ4v) is 1.90. The third kappa shape index (κ3) is 1.69. The average Bonchev–Trinajstić information content (AvgIpc) is 2.75. The molecule has 1 aromatic carbocycles. The highest BCUT2D eigenvalue weighted by Gasteiger charge is 2.11. The number of benzene rings is 1. The average molecular weight is 241 g/mol. The summed E-state index contributed by atoms with van der Waals surface area (Å²) in [4.78, 5) is 18.8. The van der Waals surface area contributed by atoms with Gasteiger partial charge in [-0.15, -0.1) is 0 Å². The molecule has 0 saturated carbocycles. The topological polar surface area (TPSA) is 71.8 Å². The van der Waals surface area contributed by atoms with Gasteiger partial charge in [-0.25, -0.2) is 0 Å².